The highest BCUT2D eigenvalue weighted by molar-refractivity contribution is 5.98. The number of nitro groups is 1. The summed E-state index contributed by atoms with van der Waals surface area (Å²) in [5.41, 5.74) is 0.586. The summed E-state index contributed by atoms with van der Waals surface area (Å²) in [5, 5.41) is 23.2. The number of non-ortho nitro benzene ring substituents is 1. The smallest absolute Gasteiger partial charge is 0.352 e. The number of carboxylic acids is 1. The minimum atomic E-state index is -1.18. The summed E-state index contributed by atoms with van der Waals surface area (Å²) in [6.07, 6.45) is 0.324. The van der Waals surface area contributed by atoms with Gasteiger partial charge in [0.15, 0.2) is 0 Å². The highest BCUT2D eigenvalue weighted by Gasteiger charge is 2.20. The van der Waals surface area contributed by atoms with Crippen molar-refractivity contribution in [3.8, 4) is 0 Å². The summed E-state index contributed by atoms with van der Waals surface area (Å²) in [6.45, 7) is 3.79. The van der Waals surface area contributed by atoms with Crippen LogP contribution in [-0.2, 0) is 11.3 Å². The van der Waals surface area contributed by atoms with E-state index in [1.807, 2.05) is 13.8 Å². The summed E-state index contributed by atoms with van der Waals surface area (Å²) < 4.78 is 0. The van der Waals surface area contributed by atoms with Gasteiger partial charge in [0.2, 0.25) is 5.91 Å². The SMILES string of the molecule is CC(C)CC(=O)NCc1c(C(=O)O)[nH]c2ccc([N+](=O)[O-])cc12. The topological polar surface area (TPSA) is 125 Å². The van der Waals surface area contributed by atoms with Crippen LogP contribution in [0.3, 0.4) is 0 Å². The summed E-state index contributed by atoms with van der Waals surface area (Å²) in [6, 6.07) is 4.06. The van der Waals surface area contributed by atoms with E-state index in [4.69, 9.17) is 0 Å². The number of nitrogens with zero attached hydrogens (tertiary/aromatic N) is 1. The fourth-order valence-corrected chi connectivity index (χ4v) is 2.35. The van der Waals surface area contributed by atoms with Crippen LogP contribution in [0, 0.1) is 16.0 Å². The highest BCUT2D eigenvalue weighted by atomic mass is 16.6. The molecule has 1 aromatic heterocycles. The Morgan fingerprint density at radius 3 is 2.65 bits per heavy atom. The molecule has 0 fully saturated rings. The van der Waals surface area contributed by atoms with Crippen LogP contribution in [0.25, 0.3) is 10.9 Å². The van der Waals surface area contributed by atoms with Crippen molar-refractivity contribution in [3.63, 3.8) is 0 Å². The number of hydrogen-bond donors (Lipinski definition) is 3. The molecule has 8 nitrogen and oxygen atoms in total. The van der Waals surface area contributed by atoms with Crippen LogP contribution in [0.15, 0.2) is 18.2 Å². The molecule has 1 heterocycles. The molecule has 2 rings (SSSR count). The van der Waals surface area contributed by atoms with E-state index in [1.165, 1.54) is 18.2 Å². The quantitative estimate of drug-likeness (QED) is 0.557. The molecule has 3 N–H and O–H groups in total. The maximum absolute atomic E-state index is 11.8. The van der Waals surface area contributed by atoms with Crippen molar-refractivity contribution in [2.45, 2.75) is 26.8 Å². The lowest BCUT2D eigenvalue weighted by atomic mass is 10.1. The van der Waals surface area contributed by atoms with Crippen molar-refractivity contribution in [2.24, 2.45) is 5.92 Å². The Hall–Kier alpha value is -2.90. The van der Waals surface area contributed by atoms with Crippen LogP contribution in [-0.4, -0.2) is 26.9 Å². The predicted octanol–water partition coefficient (Wildman–Crippen LogP) is 2.44. The van der Waals surface area contributed by atoms with Crippen LogP contribution >= 0.6 is 0 Å². The summed E-state index contributed by atoms with van der Waals surface area (Å²) in [4.78, 5) is 36.2. The van der Waals surface area contributed by atoms with E-state index >= 15 is 0 Å². The third-order valence-corrected chi connectivity index (χ3v) is 3.37. The minimum Gasteiger partial charge on any atom is -0.477 e. The molecule has 122 valence electrons. The van der Waals surface area contributed by atoms with Crippen molar-refractivity contribution in [3.05, 3.63) is 39.6 Å². The number of carbonyl (C=O) groups is 2. The summed E-state index contributed by atoms with van der Waals surface area (Å²) in [5.74, 6) is -1.20. The second-order valence-electron chi connectivity index (χ2n) is 5.65. The maximum atomic E-state index is 11.8. The van der Waals surface area contributed by atoms with Crippen LogP contribution in [0.5, 0.6) is 0 Å². The molecule has 0 aliphatic rings. The molecular formula is C15H17N3O5. The number of nitro benzene ring substituents is 1. The van der Waals surface area contributed by atoms with Gasteiger partial charge in [-0.05, 0) is 12.0 Å². The molecule has 0 atom stereocenters. The van der Waals surface area contributed by atoms with Gasteiger partial charge in [-0.2, -0.15) is 0 Å². The average Bonchev–Trinajstić information content (AvgIpc) is 2.82. The molecule has 1 aromatic carbocycles. The number of H-pyrrole nitrogens is 1. The lowest BCUT2D eigenvalue weighted by Crippen LogP contribution is -2.24. The normalized spacial score (nSPS) is 10.9. The van der Waals surface area contributed by atoms with E-state index in [-0.39, 0.29) is 29.8 Å². The van der Waals surface area contributed by atoms with Crippen LogP contribution in [0.1, 0.15) is 36.3 Å². The first-order valence-electron chi connectivity index (χ1n) is 7.08. The number of fused-ring (bicyclic) bond motifs is 1. The van der Waals surface area contributed by atoms with E-state index in [9.17, 15) is 24.8 Å². The molecule has 1 amide bonds. The number of aromatic amines is 1. The van der Waals surface area contributed by atoms with Gasteiger partial charge in [-0.25, -0.2) is 4.79 Å². The molecule has 0 aliphatic carbocycles. The lowest BCUT2D eigenvalue weighted by molar-refractivity contribution is -0.384. The van der Waals surface area contributed by atoms with Gasteiger partial charge in [0.1, 0.15) is 5.69 Å². The van der Waals surface area contributed by atoms with E-state index in [1.54, 1.807) is 0 Å². The van der Waals surface area contributed by atoms with Gasteiger partial charge < -0.3 is 15.4 Å². The number of nitrogens with one attached hydrogen (secondary N) is 2. The molecule has 0 bridgehead atoms. The molecule has 0 unspecified atom stereocenters. The molecule has 0 radical (unpaired) electrons. The van der Waals surface area contributed by atoms with Gasteiger partial charge >= 0.3 is 5.97 Å². The Morgan fingerprint density at radius 2 is 2.09 bits per heavy atom. The molecule has 23 heavy (non-hydrogen) atoms. The maximum Gasteiger partial charge on any atom is 0.352 e. The number of hydrogen-bond acceptors (Lipinski definition) is 4. The van der Waals surface area contributed by atoms with Crippen molar-refractivity contribution in [1.29, 1.82) is 0 Å². The number of benzene rings is 1. The predicted molar refractivity (Wildman–Crippen MR) is 83.2 cm³/mol. The highest BCUT2D eigenvalue weighted by Crippen LogP contribution is 2.26. The first kappa shape index (κ1) is 16.5. The van der Waals surface area contributed by atoms with Crippen LogP contribution < -0.4 is 5.32 Å². The Morgan fingerprint density at radius 1 is 1.39 bits per heavy atom. The van der Waals surface area contributed by atoms with Gasteiger partial charge in [-0.1, -0.05) is 13.8 Å². The molecule has 0 saturated carbocycles. The molecule has 0 spiro atoms. The first-order valence-corrected chi connectivity index (χ1v) is 7.08. The molecule has 0 aliphatic heterocycles. The van der Waals surface area contributed by atoms with E-state index < -0.39 is 10.9 Å². The van der Waals surface area contributed by atoms with E-state index in [0.29, 0.717) is 22.9 Å². The molecule has 0 saturated heterocycles. The number of rotatable bonds is 6. The lowest BCUT2D eigenvalue weighted by Gasteiger charge is -2.07. The van der Waals surface area contributed by atoms with Crippen molar-refractivity contribution >= 4 is 28.5 Å². The first-order chi connectivity index (χ1) is 10.8. The van der Waals surface area contributed by atoms with Crippen LogP contribution in [0.4, 0.5) is 5.69 Å². The van der Waals surface area contributed by atoms with Crippen LogP contribution in [0.2, 0.25) is 0 Å². The number of amides is 1. The summed E-state index contributed by atoms with van der Waals surface area (Å²) in [7, 11) is 0. The minimum absolute atomic E-state index is 0.00560. The third kappa shape index (κ3) is 3.65. The van der Waals surface area contributed by atoms with Gasteiger partial charge in [-0.3, -0.25) is 14.9 Å². The fourth-order valence-electron chi connectivity index (χ4n) is 2.35. The zero-order valence-corrected chi connectivity index (χ0v) is 12.8. The Bertz CT molecular complexity index is 779. The number of aromatic carboxylic acids is 1. The number of carbonyl (C=O) groups excluding carboxylic acids is 1. The van der Waals surface area contributed by atoms with E-state index in [0.717, 1.165) is 0 Å². The van der Waals surface area contributed by atoms with Crippen molar-refractivity contribution < 1.29 is 19.6 Å². The zero-order valence-electron chi connectivity index (χ0n) is 12.8. The Kier molecular flexibility index (Phi) is 4.63. The number of aromatic nitrogens is 1. The summed E-state index contributed by atoms with van der Waals surface area (Å²) >= 11 is 0. The second kappa shape index (κ2) is 6.47. The molecule has 2 aromatic rings. The van der Waals surface area contributed by atoms with Gasteiger partial charge in [0, 0.05) is 41.6 Å². The Labute approximate surface area is 131 Å². The Balaban J connectivity index is 2.39. The van der Waals surface area contributed by atoms with Gasteiger partial charge in [-0.15, -0.1) is 0 Å². The van der Waals surface area contributed by atoms with Gasteiger partial charge in [0.25, 0.3) is 5.69 Å². The molecule has 8 heteroatoms. The van der Waals surface area contributed by atoms with Crippen molar-refractivity contribution in [1.82, 2.24) is 10.3 Å². The molecular weight excluding hydrogens is 302 g/mol. The second-order valence-corrected chi connectivity index (χ2v) is 5.65. The van der Waals surface area contributed by atoms with E-state index in [2.05, 4.69) is 10.3 Å². The largest absolute Gasteiger partial charge is 0.477 e. The van der Waals surface area contributed by atoms with Crippen molar-refractivity contribution in [2.75, 3.05) is 0 Å². The average molecular weight is 319 g/mol. The standard InChI is InChI=1S/C15H17N3O5/c1-8(2)5-13(19)16-7-11-10-6-9(18(22)23)3-4-12(10)17-14(11)15(20)21/h3-4,6,8,17H,5,7H2,1-2H3,(H,16,19)(H,20,21). The van der Waals surface area contributed by atoms with Gasteiger partial charge in [0.05, 0.1) is 4.92 Å². The third-order valence-electron chi connectivity index (χ3n) is 3.37. The monoisotopic (exact) mass is 319 g/mol. The number of carboxylic acid groups (broad SMARTS) is 1. The zero-order chi connectivity index (χ0) is 17.1. The fraction of sp³-hybridized carbons (Fsp3) is 0.333.